The van der Waals surface area contributed by atoms with Crippen molar-refractivity contribution in [2.45, 2.75) is 58.5 Å². The molecule has 0 aliphatic heterocycles. The topological polar surface area (TPSA) is 38.0 Å². The fourth-order valence-corrected chi connectivity index (χ4v) is 2.38. The van der Waals surface area contributed by atoms with Crippen LogP contribution in [0.2, 0.25) is 0 Å². The molecule has 102 valence electrons. The molecule has 0 aromatic heterocycles. The summed E-state index contributed by atoms with van der Waals surface area (Å²) in [5.74, 6) is 0. The van der Waals surface area contributed by atoms with Crippen molar-refractivity contribution >= 4 is 0 Å². The average molecular weight is 248 g/mol. The summed E-state index contributed by atoms with van der Waals surface area (Å²) < 4.78 is 0. The standard InChI is InChI=1S/C16H28N2/c1-5-16(6-2,7-3)18-12-15(17)14-10-8-13(4)9-11-14/h8-11,15,18H,5-7,12,17H2,1-4H3. The lowest BCUT2D eigenvalue weighted by Crippen LogP contribution is -2.46. The Labute approximate surface area is 112 Å². The molecule has 1 aromatic carbocycles. The first-order valence-electron chi connectivity index (χ1n) is 7.14. The van der Waals surface area contributed by atoms with Gasteiger partial charge in [-0.15, -0.1) is 0 Å². The Bertz CT molecular complexity index is 330. The number of hydrogen-bond acceptors (Lipinski definition) is 2. The summed E-state index contributed by atoms with van der Waals surface area (Å²) in [5, 5.41) is 3.67. The van der Waals surface area contributed by atoms with Gasteiger partial charge in [-0.3, -0.25) is 0 Å². The van der Waals surface area contributed by atoms with Crippen molar-refractivity contribution in [1.29, 1.82) is 0 Å². The van der Waals surface area contributed by atoms with Crippen molar-refractivity contribution in [3.63, 3.8) is 0 Å². The lowest BCUT2D eigenvalue weighted by Gasteiger charge is -2.33. The zero-order valence-corrected chi connectivity index (χ0v) is 12.3. The van der Waals surface area contributed by atoms with Gasteiger partial charge >= 0.3 is 0 Å². The van der Waals surface area contributed by atoms with E-state index in [1.54, 1.807) is 0 Å². The van der Waals surface area contributed by atoms with E-state index in [1.165, 1.54) is 11.1 Å². The minimum Gasteiger partial charge on any atom is -0.323 e. The highest BCUT2D eigenvalue weighted by molar-refractivity contribution is 5.24. The van der Waals surface area contributed by atoms with Crippen molar-refractivity contribution in [1.82, 2.24) is 5.32 Å². The number of benzene rings is 1. The summed E-state index contributed by atoms with van der Waals surface area (Å²) in [4.78, 5) is 0. The van der Waals surface area contributed by atoms with Crippen molar-refractivity contribution < 1.29 is 0 Å². The van der Waals surface area contributed by atoms with E-state index in [0.29, 0.717) is 0 Å². The summed E-state index contributed by atoms with van der Waals surface area (Å²) in [6.07, 6.45) is 3.46. The Morgan fingerprint density at radius 2 is 1.56 bits per heavy atom. The third-order valence-electron chi connectivity index (χ3n) is 4.23. The molecule has 1 atom stereocenters. The molecule has 0 saturated carbocycles. The molecule has 0 spiro atoms. The van der Waals surface area contributed by atoms with E-state index in [0.717, 1.165) is 25.8 Å². The minimum absolute atomic E-state index is 0.0784. The molecule has 0 aliphatic rings. The first-order chi connectivity index (χ1) is 8.56. The van der Waals surface area contributed by atoms with Crippen LogP contribution in [-0.4, -0.2) is 12.1 Å². The highest BCUT2D eigenvalue weighted by atomic mass is 15.0. The van der Waals surface area contributed by atoms with E-state index >= 15 is 0 Å². The zero-order chi connectivity index (χ0) is 13.6. The van der Waals surface area contributed by atoms with Crippen LogP contribution in [0.5, 0.6) is 0 Å². The number of hydrogen-bond donors (Lipinski definition) is 2. The van der Waals surface area contributed by atoms with E-state index < -0.39 is 0 Å². The molecule has 0 fully saturated rings. The molecule has 0 heterocycles. The predicted molar refractivity (Wildman–Crippen MR) is 79.7 cm³/mol. The summed E-state index contributed by atoms with van der Waals surface area (Å²) in [7, 11) is 0. The molecule has 1 unspecified atom stereocenters. The van der Waals surface area contributed by atoms with Gasteiger partial charge in [0.2, 0.25) is 0 Å². The van der Waals surface area contributed by atoms with Crippen molar-refractivity contribution in [2.75, 3.05) is 6.54 Å². The van der Waals surface area contributed by atoms with Gasteiger partial charge in [-0.1, -0.05) is 50.6 Å². The quantitative estimate of drug-likeness (QED) is 0.774. The lowest BCUT2D eigenvalue weighted by molar-refractivity contribution is 0.284. The van der Waals surface area contributed by atoms with Gasteiger partial charge in [-0.2, -0.15) is 0 Å². The van der Waals surface area contributed by atoms with E-state index in [1.807, 2.05) is 0 Å². The third-order valence-corrected chi connectivity index (χ3v) is 4.23. The van der Waals surface area contributed by atoms with Gasteiger partial charge in [0.1, 0.15) is 0 Å². The van der Waals surface area contributed by atoms with Crippen LogP contribution in [0.4, 0.5) is 0 Å². The normalized spacial score (nSPS) is 13.6. The monoisotopic (exact) mass is 248 g/mol. The fourth-order valence-electron chi connectivity index (χ4n) is 2.38. The summed E-state index contributed by atoms with van der Waals surface area (Å²) in [5.41, 5.74) is 9.00. The molecular weight excluding hydrogens is 220 g/mol. The Morgan fingerprint density at radius 3 is 2.00 bits per heavy atom. The number of nitrogens with one attached hydrogen (secondary N) is 1. The van der Waals surface area contributed by atoms with Crippen LogP contribution in [0.1, 0.15) is 57.2 Å². The molecule has 0 radical (unpaired) electrons. The van der Waals surface area contributed by atoms with Crippen LogP contribution in [-0.2, 0) is 0 Å². The number of nitrogens with two attached hydrogens (primary N) is 1. The molecule has 0 bridgehead atoms. The minimum atomic E-state index is 0.0784. The number of rotatable bonds is 7. The summed E-state index contributed by atoms with van der Waals surface area (Å²) in [6.45, 7) is 9.69. The van der Waals surface area contributed by atoms with Crippen LogP contribution >= 0.6 is 0 Å². The van der Waals surface area contributed by atoms with Gasteiger partial charge in [0.25, 0.3) is 0 Å². The lowest BCUT2D eigenvalue weighted by atomic mass is 9.89. The van der Waals surface area contributed by atoms with Crippen LogP contribution in [0.15, 0.2) is 24.3 Å². The van der Waals surface area contributed by atoms with Gasteiger partial charge < -0.3 is 11.1 Å². The van der Waals surface area contributed by atoms with Gasteiger partial charge in [0, 0.05) is 18.1 Å². The predicted octanol–water partition coefficient (Wildman–Crippen LogP) is 3.55. The van der Waals surface area contributed by atoms with E-state index in [9.17, 15) is 0 Å². The molecule has 2 nitrogen and oxygen atoms in total. The Morgan fingerprint density at radius 1 is 1.06 bits per heavy atom. The number of aryl methyl sites for hydroxylation is 1. The van der Waals surface area contributed by atoms with Crippen molar-refractivity contribution in [3.05, 3.63) is 35.4 Å². The van der Waals surface area contributed by atoms with Crippen LogP contribution in [0.25, 0.3) is 0 Å². The summed E-state index contributed by atoms with van der Waals surface area (Å²) >= 11 is 0. The second kappa shape index (κ2) is 6.91. The molecule has 3 N–H and O–H groups in total. The van der Waals surface area contributed by atoms with Gasteiger partial charge in [-0.05, 0) is 31.7 Å². The van der Waals surface area contributed by atoms with E-state index in [2.05, 4.69) is 57.3 Å². The zero-order valence-electron chi connectivity index (χ0n) is 12.3. The van der Waals surface area contributed by atoms with Gasteiger partial charge in [0.15, 0.2) is 0 Å². The van der Waals surface area contributed by atoms with E-state index in [4.69, 9.17) is 5.73 Å². The Hall–Kier alpha value is -0.860. The molecule has 18 heavy (non-hydrogen) atoms. The second-order valence-corrected chi connectivity index (χ2v) is 5.24. The van der Waals surface area contributed by atoms with Gasteiger partial charge in [0.05, 0.1) is 0 Å². The first kappa shape index (κ1) is 15.2. The SMILES string of the molecule is CCC(CC)(CC)NCC(N)c1ccc(C)cc1. The third kappa shape index (κ3) is 3.82. The van der Waals surface area contributed by atoms with Crippen LogP contribution in [0.3, 0.4) is 0 Å². The molecule has 0 aliphatic carbocycles. The maximum absolute atomic E-state index is 6.25. The highest BCUT2D eigenvalue weighted by Gasteiger charge is 2.23. The second-order valence-electron chi connectivity index (χ2n) is 5.24. The Kier molecular flexibility index (Phi) is 5.83. The van der Waals surface area contributed by atoms with Crippen LogP contribution < -0.4 is 11.1 Å². The maximum atomic E-state index is 6.25. The molecule has 1 rings (SSSR count). The van der Waals surface area contributed by atoms with Crippen molar-refractivity contribution in [3.8, 4) is 0 Å². The fraction of sp³-hybridized carbons (Fsp3) is 0.625. The molecular formula is C16H28N2. The molecule has 2 heteroatoms. The Balaban J connectivity index is 2.59. The van der Waals surface area contributed by atoms with Crippen LogP contribution in [0, 0.1) is 6.92 Å². The smallest absolute Gasteiger partial charge is 0.0421 e. The van der Waals surface area contributed by atoms with E-state index in [-0.39, 0.29) is 11.6 Å². The van der Waals surface area contributed by atoms with Crippen molar-refractivity contribution in [2.24, 2.45) is 5.73 Å². The van der Waals surface area contributed by atoms with Gasteiger partial charge in [-0.25, -0.2) is 0 Å². The maximum Gasteiger partial charge on any atom is 0.0421 e. The average Bonchev–Trinajstić information content (AvgIpc) is 2.41. The molecule has 0 saturated heterocycles. The first-order valence-corrected chi connectivity index (χ1v) is 7.14. The largest absolute Gasteiger partial charge is 0.323 e. The highest BCUT2D eigenvalue weighted by Crippen LogP contribution is 2.20. The summed E-state index contributed by atoms with van der Waals surface area (Å²) in [6, 6.07) is 8.60. The molecule has 1 aromatic rings. The molecule has 0 amide bonds.